The highest BCUT2D eigenvalue weighted by molar-refractivity contribution is 9.10. The van der Waals surface area contributed by atoms with Gasteiger partial charge >= 0.3 is 0 Å². The van der Waals surface area contributed by atoms with Crippen molar-refractivity contribution >= 4 is 27.6 Å². The first-order chi connectivity index (χ1) is 11.6. The van der Waals surface area contributed by atoms with Gasteiger partial charge in [-0.25, -0.2) is 9.97 Å². The van der Waals surface area contributed by atoms with E-state index in [2.05, 4.69) is 47.2 Å². The summed E-state index contributed by atoms with van der Waals surface area (Å²) in [7, 11) is 3.97. The van der Waals surface area contributed by atoms with Gasteiger partial charge in [0, 0.05) is 56.2 Å². The Bertz CT molecular complexity index is 678. The van der Waals surface area contributed by atoms with E-state index in [4.69, 9.17) is 0 Å². The Morgan fingerprint density at radius 2 is 2.17 bits per heavy atom. The van der Waals surface area contributed by atoms with Crippen molar-refractivity contribution in [1.82, 2.24) is 19.9 Å². The molecule has 1 saturated heterocycles. The van der Waals surface area contributed by atoms with E-state index in [1.165, 1.54) is 12.0 Å². The molecule has 1 N–H and O–H groups in total. The zero-order valence-electron chi connectivity index (χ0n) is 14.1. The minimum Gasteiger partial charge on any atom is -0.366 e. The molecule has 24 heavy (non-hydrogen) atoms. The number of halogens is 1. The summed E-state index contributed by atoms with van der Waals surface area (Å²) in [4.78, 5) is 17.3. The van der Waals surface area contributed by atoms with Crippen molar-refractivity contribution in [2.75, 3.05) is 37.4 Å². The van der Waals surface area contributed by atoms with Crippen LogP contribution in [-0.4, -0.2) is 53.1 Å². The van der Waals surface area contributed by atoms with Crippen LogP contribution in [0, 0.1) is 0 Å². The van der Waals surface area contributed by atoms with Crippen molar-refractivity contribution in [1.29, 1.82) is 0 Å². The Kier molecular flexibility index (Phi) is 5.63. The van der Waals surface area contributed by atoms with Gasteiger partial charge in [0.15, 0.2) is 0 Å². The second-order valence-corrected chi connectivity index (χ2v) is 7.30. The van der Waals surface area contributed by atoms with Crippen LogP contribution in [-0.2, 0) is 6.54 Å². The number of hydrogen-bond acceptors (Lipinski definition) is 6. The molecule has 0 saturated carbocycles. The summed E-state index contributed by atoms with van der Waals surface area (Å²) >= 11 is 3.49. The number of nitrogens with one attached hydrogen (secondary N) is 1. The van der Waals surface area contributed by atoms with Crippen LogP contribution in [0.15, 0.2) is 35.3 Å². The largest absolute Gasteiger partial charge is 0.366 e. The summed E-state index contributed by atoms with van der Waals surface area (Å²) in [5.74, 6) is 1.81. The van der Waals surface area contributed by atoms with E-state index < -0.39 is 0 Å². The molecule has 128 valence electrons. The number of rotatable bonds is 5. The lowest BCUT2D eigenvalue weighted by atomic mass is 10.1. The second kappa shape index (κ2) is 7.90. The topological polar surface area (TPSA) is 57.2 Å². The highest BCUT2D eigenvalue weighted by atomic mass is 79.9. The van der Waals surface area contributed by atoms with Crippen LogP contribution < -0.4 is 10.2 Å². The first-order valence-corrected chi connectivity index (χ1v) is 8.97. The van der Waals surface area contributed by atoms with Crippen LogP contribution in [0.5, 0.6) is 0 Å². The molecule has 7 heteroatoms. The molecular formula is C17H23BrN6. The van der Waals surface area contributed by atoms with Gasteiger partial charge in [-0.15, -0.1) is 0 Å². The molecule has 0 spiro atoms. The van der Waals surface area contributed by atoms with E-state index in [9.17, 15) is 0 Å². The Morgan fingerprint density at radius 3 is 2.96 bits per heavy atom. The van der Waals surface area contributed by atoms with Crippen molar-refractivity contribution in [2.24, 2.45) is 0 Å². The number of anilines is 2. The summed E-state index contributed by atoms with van der Waals surface area (Å²) in [6.45, 7) is 3.06. The highest BCUT2D eigenvalue weighted by Gasteiger charge is 2.20. The van der Waals surface area contributed by atoms with E-state index in [1.54, 1.807) is 6.33 Å². The van der Waals surface area contributed by atoms with E-state index in [0.717, 1.165) is 42.2 Å². The first kappa shape index (κ1) is 17.1. The molecular weight excluding hydrogens is 368 g/mol. The number of piperidine rings is 1. The molecule has 2 aromatic heterocycles. The van der Waals surface area contributed by atoms with Gasteiger partial charge in [0.05, 0.1) is 0 Å². The number of pyridine rings is 1. The summed E-state index contributed by atoms with van der Waals surface area (Å²) in [6, 6.07) is 4.54. The van der Waals surface area contributed by atoms with Gasteiger partial charge in [0.2, 0.25) is 0 Å². The molecule has 0 radical (unpaired) electrons. The fourth-order valence-electron chi connectivity index (χ4n) is 3.00. The molecule has 1 unspecified atom stereocenters. The molecule has 2 aromatic rings. The predicted octanol–water partition coefficient (Wildman–Crippen LogP) is 2.78. The van der Waals surface area contributed by atoms with Crippen LogP contribution in [0.25, 0.3) is 0 Å². The number of hydrogen-bond donors (Lipinski definition) is 1. The average Bonchev–Trinajstić information content (AvgIpc) is 2.55. The number of aromatic nitrogens is 3. The predicted molar refractivity (Wildman–Crippen MR) is 100 cm³/mol. The minimum atomic E-state index is 0.406. The SMILES string of the molecule is CN(C)c1cc(NC2CCCN(Cc3cncc(Br)c3)C2)ncn1. The van der Waals surface area contributed by atoms with Gasteiger partial charge in [-0.05, 0) is 46.9 Å². The van der Waals surface area contributed by atoms with Crippen LogP contribution in [0.3, 0.4) is 0 Å². The fourth-order valence-corrected chi connectivity index (χ4v) is 3.41. The Hall–Kier alpha value is -1.73. The molecule has 1 fully saturated rings. The Labute approximate surface area is 151 Å². The molecule has 0 aliphatic carbocycles. The molecule has 6 nitrogen and oxygen atoms in total. The van der Waals surface area contributed by atoms with Gasteiger partial charge in [0.25, 0.3) is 0 Å². The molecule has 0 aromatic carbocycles. The highest BCUT2D eigenvalue weighted by Crippen LogP contribution is 2.19. The van der Waals surface area contributed by atoms with E-state index >= 15 is 0 Å². The maximum Gasteiger partial charge on any atom is 0.133 e. The van der Waals surface area contributed by atoms with Gasteiger partial charge in [-0.3, -0.25) is 9.88 Å². The molecule has 1 aliphatic rings. The maximum atomic E-state index is 4.35. The normalized spacial score (nSPS) is 18.4. The summed E-state index contributed by atoms with van der Waals surface area (Å²) in [5, 5.41) is 3.56. The van der Waals surface area contributed by atoms with Crippen molar-refractivity contribution < 1.29 is 0 Å². The zero-order valence-corrected chi connectivity index (χ0v) is 15.7. The van der Waals surface area contributed by atoms with Crippen LogP contribution in [0.1, 0.15) is 18.4 Å². The third kappa shape index (κ3) is 4.64. The van der Waals surface area contributed by atoms with Crippen molar-refractivity contribution in [3.8, 4) is 0 Å². The maximum absolute atomic E-state index is 4.35. The van der Waals surface area contributed by atoms with Gasteiger partial charge in [-0.1, -0.05) is 0 Å². The zero-order chi connectivity index (χ0) is 16.9. The summed E-state index contributed by atoms with van der Waals surface area (Å²) < 4.78 is 1.03. The van der Waals surface area contributed by atoms with Crippen LogP contribution in [0.2, 0.25) is 0 Å². The standard InChI is InChI=1S/C17H23BrN6/c1-23(2)17-7-16(20-12-21-17)22-15-4-3-5-24(11-15)10-13-6-14(18)9-19-8-13/h6-9,12,15H,3-5,10-11H2,1-2H3,(H,20,21,22). The van der Waals surface area contributed by atoms with Crippen molar-refractivity contribution in [3.05, 3.63) is 40.9 Å². The monoisotopic (exact) mass is 390 g/mol. The lowest BCUT2D eigenvalue weighted by Gasteiger charge is -2.33. The molecule has 1 aliphatic heterocycles. The first-order valence-electron chi connectivity index (χ1n) is 8.18. The average molecular weight is 391 g/mol. The van der Waals surface area contributed by atoms with E-state index in [0.29, 0.717) is 6.04 Å². The minimum absolute atomic E-state index is 0.406. The van der Waals surface area contributed by atoms with Gasteiger partial charge < -0.3 is 10.2 Å². The van der Waals surface area contributed by atoms with Crippen molar-refractivity contribution in [3.63, 3.8) is 0 Å². The lowest BCUT2D eigenvalue weighted by Crippen LogP contribution is -2.41. The van der Waals surface area contributed by atoms with E-state index in [1.807, 2.05) is 37.5 Å². The van der Waals surface area contributed by atoms with Crippen LogP contribution >= 0.6 is 15.9 Å². The van der Waals surface area contributed by atoms with Crippen LogP contribution in [0.4, 0.5) is 11.6 Å². The van der Waals surface area contributed by atoms with Gasteiger partial charge in [0.1, 0.15) is 18.0 Å². The lowest BCUT2D eigenvalue weighted by molar-refractivity contribution is 0.208. The number of nitrogens with zero attached hydrogens (tertiary/aromatic N) is 5. The molecule has 0 amide bonds. The smallest absolute Gasteiger partial charge is 0.133 e. The van der Waals surface area contributed by atoms with Gasteiger partial charge in [-0.2, -0.15) is 0 Å². The van der Waals surface area contributed by atoms with E-state index in [-0.39, 0.29) is 0 Å². The third-order valence-corrected chi connectivity index (χ3v) is 4.57. The molecule has 0 bridgehead atoms. The Morgan fingerprint density at radius 1 is 1.29 bits per heavy atom. The summed E-state index contributed by atoms with van der Waals surface area (Å²) in [6.07, 6.45) is 7.72. The molecule has 3 rings (SSSR count). The molecule has 3 heterocycles. The molecule has 1 atom stereocenters. The quantitative estimate of drug-likeness (QED) is 0.846. The fraction of sp³-hybridized carbons (Fsp3) is 0.471. The summed E-state index contributed by atoms with van der Waals surface area (Å²) in [5.41, 5.74) is 1.24. The number of likely N-dealkylation sites (tertiary alicyclic amines) is 1. The Balaban J connectivity index is 1.60. The van der Waals surface area contributed by atoms with Crippen molar-refractivity contribution in [2.45, 2.75) is 25.4 Å². The second-order valence-electron chi connectivity index (χ2n) is 6.39. The third-order valence-electron chi connectivity index (χ3n) is 4.14.